The lowest BCUT2D eigenvalue weighted by Gasteiger charge is -2.08. The van der Waals surface area contributed by atoms with Crippen LogP contribution in [0.25, 0.3) is 0 Å². The molecular formula is C13H17N5O. The number of nitrogens with zero attached hydrogens (tertiary/aromatic N) is 2. The quantitative estimate of drug-likeness (QED) is 0.768. The van der Waals surface area contributed by atoms with E-state index in [2.05, 4.69) is 32.7 Å². The van der Waals surface area contributed by atoms with Crippen LogP contribution < -0.4 is 10.6 Å². The van der Waals surface area contributed by atoms with Crippen LogP contribution >= 0.6 is 0 Å². The van der Waals surface area contributed by atoms with Crippen molar-refractivity contribution in [2.45, 2.75) is 20.3 Å². The molecule has 0 atom stereocenters. The molecule has 100 valence electrons. The monoisotopic (exact) mass is 259 g/mol. The van der Waals surface area contributed by atoms with Crippen LogP contribution in [0.1, 0.15) is 29.4 Å². The molecule has 0 radical (unpaired) electrons. The Morgan fingerprint density at radius 1 is 1.42 bits per heavy atom. The zero-order valence-corrected chi connectivity index (χ0v) is 11.0. The number of hydrogen-bond donors (Lipinski definition) is 3. The maximum Gasteiger partial charge on any atom is 0.255 e. The first-order valence-corrected chi connectivity index (χ1v) is 6.21. The highest BCUT2D eigenvalue weighted by Gasteiger charge is 2.09. The van der Waals surface area contributed by atoms with Crippen LogP contribution in [0.5, 0.6) is 0 Å². The lowest BCUT2D eigenvalue weighted by molar-refractivity contribution is 0.102. The van der Waals surface area contributed by atoms with Gasteiger partial charge in [0, 0.05) is 24.0 Å². The number of aryl methyl sites for hydroxylation is 1. The number of aromatic nitrogens is 3. The average molecular weight is 259 g/mol. The summed E-state index contributed by atoms with van der Waals surface area (Å²) >= 11 is 0. The van der Waals surface area contributed by atoms with Crippen LogP contribution in [0, 0.1) is 6.92 Å². The van der Waals surface area contributed by atoms with Gasteiger partial charge in [0.1, 0.15) is 5.82 Å². The number of carbonyl (C=O) groups excluding carboxylic acids is 1. The molecule has 19 heavy (non-hydrogen) atoms. The summed E-state index contributed by atoms with van der Waals surface area (Å²) < 4.78 is 0. The normalized spacial score (nSPS) is 10.2. The minimum absolute atomic E-state index is 0.175. The summed E-state index contributed by atoms with van der Waals surface area (Å²) in [5, 5.41) is 12.4. The van der Waals surface area contributed by atoms with Gasteiger partial charge in [0.05, 0.1) is 11.9 Å². The molecule has 2 heterocycles. The third kappa shape index (κ3) is 3.54. The second kappa shape index (κ2) is 5.99. The SMILES string of the molecule is CCCNc1cc(C(=O)Nc2cn[nH]c2)cc(C)n1. The van der Waals surface area contributed by atoms with Crippen LogP contribution in [0.3, 0.4) is 0 Å². The van der Waals surface area contributed by atoms with Gasteiger partial charge in [-0.05, 0) is 25.5 Å². The number of carbonyl (C=O) groups is 1. The van der Waals surface area contributed by atoms with Crippen LogP contribution in [0.15, 0.2) is 24.5 Å². The van der Waals surface area contributed by atoms with Crippen molar-refractivity contribution in [2.24, 2.45) is 0 Å². The van der Waals surface area contributed by atoms with Crippen LogP contribution in [0.4, 0.5) is 11.5 Å². The minimum Gasteiger partial charge on any atom is -0.370 e. The second-order valence-corrected chi connectivity index (χ2v) is 4.25. The van der Waals surface area contributed by atoms with Crippen molar-refractivity contribution in [3.63, 3.8) is 0 Å². The van der Waals surface area contributed by atoms with E-state index in [9.17, 15) is 4.79 Å². The highest BCUT2D eigenvalue weighted by atomic mass is 16.1. The van der Waals surface area contributed by atoms with Gasteiger partial charge >= 0.3 is 0 Å². The van der Waals surface area contributed by atoms with Crippen molar-refractivity contribution in [1.29, 1.82) is 0 Å². The number of aromatic amines is 1. The van der Waals surface area contributed by atoms with Crippen molar-refractivity contribution in [1.82, 2.24) is 15.2 Å². The Balaban J connectivity index is 2.14. The maximum atomic E-state index is 12.1. The number of hydrogen-bond acceptors (Lipinski definition) is 4. The molecule has 2 rings (SSSR count). The molecule has 0 spiro atoms. The summed E-state index contributed by atoms with van der Waals surface area (Å²) in [6.45, 7) is 4.78. The molecule has 3 N–H and O–H groups in total. The molecule has 6 nitrogen and oxygen atoms in total. The van der Waals surface area contributed by atoms with Gasteiger partial charge in [-0.1, -0.05) is 6.92 Å². The standard InChI is InChI=1S/C13H17N5O/c1-3-4-14-12-6-10(5-9(2)17-12)13(19)18-11-7-15-16-8-11/h5-8H,3-4H2,1-2H3,(H,14,17)(H,15,16)(H,18,19). The summed E-state index contributed by atoms with van der Waals surface area (Å²) in [4.78, 5) is 16.4. The molecule has 0 bridgehead atoms. The van der Waals surface area contributed by atoms with E-state index >= 15 is 0 Å². The van der Waals surface area contributed by atoms with Gasteiger partial charge in [-0.25, -0.2) is 4.98 Å². The molecule has 0 aromatic carbocycles. The largest absolute Gasteiger partial charge is 0.370 e. The smallest absolute Gasteiger partial charge is 0.255 e. The Labute approximate surface area is 111 Å². The minimum atomic E-state index is -0.175. The molecule has 0 saturated carbocycles. The van der Waals surface area contributed by atoms with E-state index < -0.39 is 0 Å². The predicted octanol–water partition coefficient (Wildman–Crippen LogP) is 2.19. The van der Waals surface area contributed by atoms with E-state index in [1.54, 1.807) is 24.5 Å². The summed E-state index contributed by atoms with van der Waals surface area (Å²) in [5.41, 5.74) is 2.02. The lowest BCUT2D eigenvalue weighted by Crippen LogP contribution is -2.13. The Kier molecular flexibility index (Phi) is 4.12. The van der Waals surface area contributed by atoms with Crippen LogP contribution in [0.2, 0.25) is 0 Å². The molecular weight excluding hydrogens is 242 g/mol. The second-order valence-electron chi connectivity index (χ2n) is 4.25. The van der Waals surface area contributed by atoms with Gasteiger partial charge in [-0.15, -0.1) is 0 Å². The summed E-state index contributed by atoms with van der Waals surface area (Å²) in [5.74, 6) is 0.547. The summed E-state index contributed by atoms with van der Waals surface area (Å²) in [6, 6.07) is 3.50. The van der Waals surface area contributed by atoms with E-state index in [4.69, 9.17) is 0 Å². The summed E-state index contributed by atoms with van der Waals surface area (Å²) in [7, 11) is 0. The van der Waals surface area contributed by atoms with Crippen molar-refractivity contribution in [3.05, 3.63) is 35.8 Å². The molecule has 2 aromatic heterocycles. The molecule has 0 fully saturated rings. The van der Waals surface area contributed by atoms with Crippen molar-refractivity contribution in [3.8, 4) is 0 Å². The number of pyridine rings is 1. The van der Waals surface area contributed by atoms with Gasteiger partial charge < -0.3 is 10.6 Å². The third-order valence-electron chi connectivity index (χ3n) is 2.53. The van der Waals surface area contributed by atoms with E-state index in [1.165, 1.54) is 0 Å². The number of anilines is 2. The molecule has 0 aliphatic rings. The zero-order valence-electron chi connectivity index (χ0n) is 11.0. The average Bonchev–Trinajstić information content (AvgIpc) is 2.88. The van der Waals surface area contributed by atoms with Crippen LogP contribution in [-0.2, 0) is 0 Å². The molecule has 6 heteroatoms. The van der Waals surface area contributed by atoms with Crippen LogP contribution in [-0.4, -0.2) is 27.6 Å². The number of nitrogens with one attached hydrogen (secondary N) is 3. The lowest BCUT2D eigenvalue weighted by atomic mass is 10.2. The van der Waals surface area contributed by atoms with E-state index in [0.717, 1.165) is 24.5 Å². The molecule has 0 aliphatic heterocycles. The fourth-order valence-corrected chi connectivity index (χ4v) is 1.67. The van der Waals surface area contributed by atoms with Crippen molar-refractivity contribution < 1.29 is 4.79 Å². The number of rotatable bonds is 5. The first kappa shape index (κ1) is 13.1. The number of amides is 1. The number of H-pyrrole nitrogens is 1. The molecule has 0 saturated heterocycles. The third-order valence-corrected chi connectivity index (χ3v) is 2.53. The fraction of sp³-hybridized carbons (Fsp3) is 0.308. The van der Waals surface area contributed by atoms with E-state index in [1.807, 2.05) is 6.92 Å². The Hall–Kier alpha value is -2.37. The van der Waals surface area contributed by atoms with Crippen molar-refractivity contribution in [2.75, 3.05) is 17.2 Å². The maximum absolute atomic E-state index is 12.1. The van der Waals surface area contributed by atoms with Crippen molar-refractivity contribution >= 4 is 17.4 Å². The fourth-order valence-electron chi connectivity index (χ4n) is 1.67. The van der Waals surface area contributed by atoms with Gasteiger partial charge in [0.2, 0.25) is 0 Å². The van der Waals surface area contributed by atoms with Gasteiger partial charge in [0.15, 0.2) is 0 Å². The highest BCUT2D eigenvalue weighted by Crippen LogP contribution is 2.12. The predicted molar refractivity (Wildman–Crippen MR) is 74.3 cm³/mol. The first-order valence-electron chi connectivity index (χ1n) is 6.21. The van der Waals surface area contributed by atoms with E-state index in [-0.39, 0.29) is 5.91 Å². The Morgan fingerprint density at radius 3 is 2.95 bits per heavy atom. The molecule has 0 unspecified atom stereocenters. The highest BCUT2D eigenvalue weighted by molar-refractivity contribution is 6.04. The molecule has 0 aliphatic carbocycles. The first-order chi connectivity index (χ1) is 9.19. The van der Waals surface area contributed by atoms with Gasteiger partial charge in [-0.2, -0.15) is 5.10 Å². The van der Waals surface area contributed by atoms with Gasteiger partial charge in [0.25, 0.3) is 5.91 Å². The molecule has 2 aromatic rings. The van der Waals surface area contributed by atoms with Gasteiger partial charge in [-0.3, -0.25) is 9.89 Å². The topological polar surface area (TPSA) is 82.7 Å². The Bertz CT molecular complexity index is 550. The molecule has 1 amide bonds. The zero-order chi connectivity index (χ0) is 13.7. The Morgan fingerprint density at radius 2 is 2.26 bits per heavy atom. The summed E-state index contributed by atoms with van der Waals surface area (Å²) in [6.07, 6.45) is 4.19. The van der Waals surface area contributed by atoms with E-state index in [0.29, 0.717) is 11.3 Å².